The molecule has 0 radical (unpaired) electrons. The maximum Gasteiger partial charge on any atom is 0.142 e. The molecule has 0 heterocycles. The molecule has 1 unspecified atom stereocenters. The van der Waals surface area contributed by atoms with E-state index in [4.69, 9.17) is 5.73 Å². The molecule has 0 aliphatic carbocycles. The molecule has 0 aliphatic heterocycles. The molecule has 5 heteroatoms. The Hall–Kier alpha value is -1.33. The molecule has 0 aromatic heterocycles. The van der Waals surface area contributed by atoms with Crippen LogP contribution in [0.4, 0.5) is 13.2 Å². The van der Waals surface area contributed by atoms with E-state index in [9.17, 15) is 13.2 Å². The van der Waals surface area contributed by atoms with Crippen LogP contribution >= 0.6 is 15.9 Å². The summed E-state index contributed by atoms with van der Waals surface area (Å²) in [6.07, 6.45) is 0.0248. The predicted octanol–water partition coefficient (Wildman–Crippen LogP) is 4.11. The van der Waals surface area contributed by atoms with E-state index in [-0.39, 0.29) is 17.5 Å². The van der Waals surface area contributed by atoms with Gasteiger partial charge in [0, 0.05) is 11.6 Å². The van der Waals surface area contributed by atoms with Crippen LogP contribution in [0.1, 0.15) is 17.2 Å². The minimum absolute atomic E-state index is 0.0248. The summed E-state index contributed by atoms with van der Waals surface area (Å²) in [4.78, 5) is 0. The van der Waals surface area contributed by atoms with E-state index in [1.165, 1.54) is 6.07 Å². The van der Waals surface area contributed by atoms with E-state index in [1.807, 2.05) is 0 Å². The molecule has 0 bridgehead atoms. The highest BCUT2D eigenvalue weighted by molar-refractivity contribution is 9.10. The number of benzene rings is 2. The summed E-state index contributed by atoms with van der Waals surface area (Å²) >= 11 is 3.06. The molecule has 2 aromatic rings. The highest BCUT2D eigenvalue weighted by Crippen LogP contribution is 2.25. The minimum atomic E-state index is -0.742. The van der Waals surface area contributed by atoms with Gasteiger partial charge in [-0.3, -0.25) is 0 Å². The summed E-state index contributed by atoms with van der Waals surface area (Å²) in [6.45, 7) is 0. The third-order valence-corrected chi connectivity index (χ3v) is 3.44. The Bertz CT molecular complexity index is 601. The third-order valence-electron chi connectivity index (χ3n) is 2.83. The predicted molar refractivity (Wildman–Crippen MR) is 71.1 cm³/mol. The summed E-state index contributed by atoms with van der Waals surface area (Å²) in [5.41, 5.74) is 6.26. The summed E-state index contributed by atoms with van der Waals surface area (Å²) in [5, 5.41) is 0. The normalized spacial score (nSPS) is 12.5. The largest absolute Gasteiger partial charge is 0.324 e. The third kappa shape index (κ3) is 3.16. The first-order valence-corrected chi connectivity index (χ1v) is 6.41. The Morgan fingerprint density at radius 1 is 1.11 bits per heavy atom. The van der Waals surface area contributed by atoms with Gasteiger partial charge in [0.25, 0.3) is 0 Å². The lowest BCUT2D eigenvalue weighted by Crippen LogP contribution is -2.16. The fourth-order valence-electron chi connectivity index (χ4n) is 1.85. The lowest BCUT2D eigenvalue weighted by atomic mass is 9.99. The molecule has 0 spiro atoms. The molecule has 0 saturated carbocycles. The van der Waals surface area contributed by atoms with Gasteiger partial charge < -0.3 is 5.73 Å². The molecule has 0 amide bonds. The topological polar surface area (TPSA) is 26.0 Å². The molecule has 2 N–H and O–H groups in total. The molecule has 2 rings (SSSR count). The van der Waals surface area contributed by atoms with Gasteiger partial charge in [0.1, 0.15) is 17.5 Å². The Kier molecular flexibility index (Phi) is 4.27. The van der Waals surface area contributed by atoms with Crippen molar-refractivity contribution in [3.8, 4) is 0 Å². The molecule has 1 nitrogen and oxygen atoms in total. The van der Waals surface area contributed by atoms with Gasteiger partial charge in [-0.25, -0.2) is 13.2 Å². The second-order valence-electron chi connectivity index (χ2n) is 4.19. The van der Waals surface area contributed by atoms with Crippen LogP contribution in [0.5, 0.6) is 0 Å². The minimum Gasteiger partial charge on any atom is -0.324 e. The van der Waals surface area contributed by atoms with Crippen LogP contribution < -0.4 is 5.73 Å². The fourth-order valence-corrected chi connectivity index (χ4v) is 2.23. The van der Waals surface area contributed by atoms with Crippen LogP contribution in [0.2, 0.25) is 0 Å². The second-order valence-corrected chi connectivity index (χ2v) is 5.04. The van der Waals surface area contributed by atoms with Crippen molar-refractivity contribution in [2.45, 2.75) is 12.5 Å². The van der Waals surface area contributed by atoms with E-state index < -0.39 is 23.5 Å². The van der Waals surface area contributed by atoms with E-state index in [0.717, 1.165) is 18.2 Å². The summed E-state index contributed by atoms with van der Waals surface area (Å²) in [6, 6.07) is 7.12. The van der Waals surface area contributed by atoms with E-state index in [1.54, 1.807) is 12.1 Å². The summed E-state index contributed by atoms with van der Waals surface area (Å²) < 4.78 is 40.7. The van der Waals surface area contributed by atoms with Crippen LogP contribution in [-0.4, -0.2) is 0 Å². The lowest BCUT2D eigenvalue weighted by Gasteiger charge is -2.14. The highest BCUT2D eigenvalue weighted by Gasteiger charge is 2.16. The van der Waals surface area contributed by atoms with Gasteiger partial charge >= 0.3 is 0 Å². The molecule has 100 valence electrons. The van der Waals surface area contributed by atoms with Crippen molar-refractivity contribution in [2.75, 3.05) is 0 Å². The van der Waals surface area contributed by atoms with Crippen molar-refractivity contribution in [2.24, 2.45) is 5.73 Å². The number of nitrogens with two attached hydrogens (primary N) is 1. The Balaban J connectivity index is 2.28. The fraction of sp³-hybridized carbons (Fsp3) is 0.143. The average molecular weight is 330 g/mol. The van der Waals surface area contributed by atoms with E-state index in [2.05, 4.69) is 15.9 Å². The maximum atomic E-state index is 13.8. The van der Waals surface area contributed by atoms with Crippen molar-refractivity contribution >= 4 is 15.9 Å². The Labute approximate surface area is 117 Å². The van der Waals surface area contributed by atoms with E-state index >= 15 is 0 Å². The smallest absolute Gasteiger partial charge is 0.142 e. The number of halogens is 4. The zero-order chi connectivity index (χ0) is 14.0. The first-order valence-electron chi connectivity index (χ1n) is 5.62. The van der Waals surface area contributed by atoms with Gasteiger partial charge in [-0.2, -0.15) is 0 Å². The zero-order valence-electron chi connectivity index (χ0n) is 9.84. The molecular formula is C14H11BrF3N. The maximum absolute atomic E-state index is 13.8. The van der Waals surface area contributed by atoms with Gasteiger partial charge in [-0.1, -0.05) is 12.1 Å². The van der Waals surface area contributed by atoms with Gasteiger partial charge in [-0.05, 0) is 52.2 Å². The lowest BCUT2D eigenvalue weighted by molar-refractivity contribution is 0.552. The van der Waals surface area contributed by atoms with Crippen molar-refractivity contribution in [1.29, 1.82) is 0 Å². The monoisotopic (exact) mass is 329 g/mol. The average Bonchev–Trinajstić information content (AvgIpc) is 2.37. The van der Waals surface area contributed by atoms with Gasteiger partial charge in [-0.15, -0.1) is 0 Å². The van der Waals surface area contributed by atoms with Crippen molar-refractivity contribution < 1.29 is 13.2 Å². The van der Waals surface area contributed by atoms with Gasteiger partial charge in [0.15, 0.2) is 0 Å². The molecule has 19 heavy (non-hydrogen) atoms. The standard InChI is InChI=1S/C14H11BrF3N/c15-11-3-1-2-10(14(11)18)13(19)7-8-6-9(16)4-5-12(8)17/h1-6,13H,7,19H2. The van der Waals surface area contributed by atoms with Crippen molar-refractivity contribution in [3.05, 3.63) is 69.4 Å². The highest BCUT2D eigenvalue weighted by atomic mass is 79.9. The zero-order valence-corrected chi connectivity index (χ0v) is 11.4. The molecule has 0 fully saturated rings. The SMILES string of the molecule is NC(Cc1cc(F)ccc1F)c1cccc(Br)c1F. The molecular weight excluding hydrogens is 319 g/mol. The Morgan fingerprint density at radius 3 is 2.58 bits per heavy atom. The first kappa shape index (κ1) is 14.1. The van der Waals surface area contributed by atoms with E-state index in [0.29, 0.717) is 4.47 Å². The van der Waals surface area contributed by atoms with Gasteiger partial charge in [0.05, 0.1) is 4.47 Å². The molecule has 1 atom stereocenters. The number of hydrogen-bond donors (Lipinski definition) is 1. The second kappa shape index (κ2) is 5.75. The molecule has 2 aromatic carbocycles. The van der Waals surface area contributed by atoms with Crippen LogP contribution in [-0.2, 0) is 6.42 Å². The van der Waals surface area contributed by atoms with Crippen molar-refractivity contribution in [1.82, 2.24) is 0 Å². The van der Waals surface area contributed by atoms with Crippen LogP contribution in [0.25, 0.3) is 0 Å². The van der Waals surface area contributed by atoms with Gasteiger partial charge in [0.2, 0.25) is 0 Å². The molecule has 0 saturated heterocycles. The number of hydrogen-bond acceptors (Lipinski definition) is 1. The van der Waals surface area contributed by atoms with Crippen LogP contribution in [0.15, 0.2) is 40.9 Å². The number of rotatable bonds is 3. The van der Waals surface area contributed by atoms with Crippen LogP contribution in [0, 0.1) is 17.5 Å². The first-order chi connectivity index (χ1) is 8.99. The van der Waals surface area contributed by atoms with Crippen molar-refractivity contribution in [3.63, 3.8) is 0 Å². The van der Waals surface area contributed by atoms with Crippen LogP contribution in [0.3, 0.4) is 0 Å². The summed E-state index contributed by atoms with van der Waals surface area (Å²) in [7, 11) is 0. The quantitative estimate of drug-likeness (QED) is 0.901. The Morgan fingerprint density at radius 2 is 1.84 bits per heavy atom. The summed E-state index contributed by atoms with van der Waals surface area (Å²) in [5.74, 6) is -1.57. The molecule has 0 aliphatic rings.